The number of hydrogen-bond donors (Lipinski definition) is 1. The first-order valence-electron chi connectivity index (χ1n) is 5.74. The van der Waals surface area contributed by atoms with Gasteiger partial charge >= 0.3 is 0 Å². The fourth-order valence-electron chi connectivity index (χ4n) is 1.75. The third-order valence-electron chi connectivity index (χ3n) is 2.65. The van der Waals surface area contributed by atoms with Gasteiger partial charge in [0.1, 0.15) is 0 Å². The predicted octanol–water partition coefficient (Wildman–Crippen LogP) is 3.65. The Morgan fingerprint density at radius 1 is 1.37 bits per heavy atom. The van der Waals surface area contributed by atoms with E-state index in [1.807, 2.05) is 12.1 Å². The van der Waals surface area contributed by atoms with E-state index in [-0.39, 0.29) is 0 Å². The lowest BCUT2D eigenvalue weighted by molar-refractivity contribution is 0.181. The van der Waals surface area contributed by atoms with E-state index in [2.05, 4.69) is 4.98 Å². The second kappa shape index (κ2) is 6.68. The molecule has 0 saturated carbocycles. The second-order valence-electron chi connectivity index (χ2n) is 4.03. The summed E-state index contributed by atoms with van der Waals surface area (Å²) in [4.78, 5) is 5.61. The Hall–Kier alpha value is -0.650. The minimum absolute atomic E-state index is 0.477. The van der Waals surface area contributed by atoms with E-state index in [0.29, 0.717) is 29.6 Å². The van der Waals surface area contributed by atoms with Gasteiger partial charge in [-0.1, -0.05) is 29.3 Å². The molecular formula is C13H14Cl2N2OS. The molecule has 3 nitrogen and oxygen atoms in total. The van der Waals surface area contributed by atoms with E-state index in [9.17, 15) is 0 Å². The highest BCUT2D eigenvalue weighted by atomic mass is 35.5. The Labute approximate surface area is 126 Å². The van der Waals surface area contributed by atoms with E-state index in [0.717, 1.165) is 21.1 Å². The molecule has 0 aliphatic carbocycles. The Balaban J connectivity index is 2.23. The fourth-order valence-corrected chi connectivity index (χ4v) is 3.20. The highest BCUT2D eigenvalue weighted by Crippen LogP contribution is 2.26. The lowest BCUT2D eigenvalue weighted by Crippen LogP contribution is -1.99. The summed E-state index contributed by atoms with van der Waals surface area (Å²) in [5, 5.41) is 2.28. The van der Waals surface area contributed by atoms with Gasteiger partial charge in [0.25, 0.3) is 0 Å². The van der Waals surface area contributed by atoms with Gasteiger partial charge in [0.05, 0.1) is 17.3 Å². The number of methoxy groups -OCH3 is 1. The van der Waals surface area contributed by atoms with E-state index in [1.54, 1.807) is 24.5 Å². The van der Waals surface area contributed by atoms with Crippen LogP contribution in [0.1, 0.15) is 21.1 Å². The Kier molecular flexibility index (Phi) is 5.19. The van der Waals surface area contributed by atoms with Crippen LogP contribution in [0.3, 0.4) is 0 Å². The molecule has 0 fully saturated rings. The zero-order chi connectivity index (χ0) is 13.8. The van der Waals surface area contributed by atoms with E-state index >= 15 is 0 Å². The molecule has 0 aliphatic heterocycles. The van der Waals surface area contributed by atoms with Gasteiger partial charge in [-0.3, -0.25) is 0 Å². The van der Waals surface area contributed by atoms with Gasteiger partial charge in [0, 0.05) is 35.0 Å². The first-order valence-corrected chi connectivity index (χ1v) is 7.31. The third-order valence-corrected chi connectivity index (χ3v) is 4.35. The minimum Gasteiger partial charge on any atom is -0.378 e. The summed E-state index contributed by atoms with van der Waals surface area (Å²) in [6.45, 7) is 0.960. The molecule has 102 valence electrons. The van der Waals surface area contributed by atoms with Crippen molar-refractivity contribution in [3.63, 3.8) is 0 Å². The fraction of sp³-hybridized carbons (Fsp3) is 0.308. The van der Waals surface area contributed by atoms with Crippen molar-refractivity contribution in [2.24, 2.45) is 5.73 Å². The highest BCUT2D eigenvalue weighted by Gasteiger charge is 2.11. The highest BCUT2D eigenvalue weighted by molar-refractivity contribution is 7.11. The van der Waals surface area contributed by atoms with Crippen LogP contribution in [0, 0.1) is 0 Å². The third kappa shape index (κ3) is 3.68. The number of nitrogens with two attached hydrogens (primary N) is 1. The number of nitrogens with zero attached hydrogens (tertiary/aromatic N) is 1. The quantitative estimate of drug-likeness (QED) is 0.916. The van der Waals surface area contributed by atoms with Gasteiger partial charge in [-0.15, -0.1) is 11.3 Å². The van der Waals surface area contributed by atoms with Gasteiger partial charge in [-0.2, -0.15) is 0 Å². The molecule has 0 amide bonds. The smallest absolute Gasteiger partial charge is 0.0977 e. The zero-order valence-electron chi connectivity index (χ0n) is 10.5. The monoisotopic (exact) mass is 316 g/mol. The summed E-state index contributed by atoms with van der Waals surface area (Å²) in [6, 6.07) is 5.49. The van der Waals surface area contributed by atoms with E-state index in [4.69, 9.17) is 33.7 Å². The van der Waals surface area contributed by atoms with Crippen molar-refractivity contribution in [3.8, 4) is 0 Å². The number of benzene rings is 1. The van der Waals surface area contributed by atoms with E-state index < -0.39 is 0 Å². The van der Waals surface area contributed by atoms with Crippen molar-refractivity contribution in [1.82, 2.24) is 4.98 Å². The molecule has 1 heterocycles. The largest absolute Gasteiger partial charge is 0.378 e. The van der Waals surface area contributed by atoms with Crippen LogP contribution in [0.25, 0.3) is 0 Å². The van der Waals surface area contributed by atoms with E-state index in [1.165, 1.54) is 0 Å². The summed E-state index contributed by atoms with van der Waals surface area (Å²) in [6.07, 6.45) is 0.678. The summed E-state index contributed by atoms with van der Waals surface area (Å²) >= 11 is 13.6. The summed E-state index contributed by atoms with van der Waals surface area (Å²) in [5.41, 5.74) is 7.63. The number of aromatic nitrogens is 1. The number of halogens is 2. The maximum absolute atomic E-state index is 6.16. The standard InChI is InChI=1S/C13H14Cl2N2OS/c1-18-7-11-12(6-16)19-13(17-11)4-8-2-3-9(14)5-10(8)15/h2-3,5H,4,6-7,16H2,1H3. The van der Waals surface area contributed by atoms with Crippen molar-refractivity contribution in [2.75, 3.05) is 7.11 Å². The molecule has 2 rings (SSSR count). The van der Waals surface area contributed by atoms with Crippen molar-refractivity contribution in [1.29, 1.82) is 0 Å². The number of thiazole rings is 1. The van der Waals surface area contributed by atoms with Crippen LogP contribution in [0.2, 0.25) is 10.0 Å². The number of rotatable bonds is 5. The minimum atomic E-state index is 0.477. The van der Waals surface area contributed by atoms with Crippen LogP contribution in [0.4, 0.5) is 0 Å². The molecular weight excluding hydrogens is 303 g/mol. The average Bonchev–Trinajstić information content (AvgIpc) is 2.75. The molecule has 2 N–H and O–H groups in total. The maximum atomic E-state index is 6.16. The molecule has 0 unspecified atom stereocenters. The first kappa shape index (κ1) is 14.8. The van der Waals surface area contributed by atoms with Crippen LogP contribution in [0.5, 0.6) is 0 Å². The van der Waals surface area contributed by atoms with Crippen molar-refractivity contribution in [2.45, 2.75) is 19.6 Å². The maximum Gasteiger partial charge on any atom is 0.0977 e. The molecule has 0 saturated heterocycles. The molecule has 0 aliphatic rings. The van der Waals surface area contributed by atoms with Crippen LogP contribution >= 0.6 is 34.5 Å². The van der Waals surface area contributed by atoms with Gasteiger partial charge in [0.2, 0.25) is 0 Å². The topological polar surface area (TPSA) is 48.1 Å². The van der Waals surface area contributed by atoms with Gasteiger partial charge in [0.15, 0.2) is 0 Å². The number of ether oxygens (including phenoxy) is 1. The van der Waals surface area contributed by atoms with Gasteiger partial charge < -0.3 is 10.5 Å². The molecule has 1 aromatic carbocycles. The number of hydrogen-bond acceptors (Lipinski definition) is 4. The Morgan fingerprint density at radius 3 is 2.79 bits per heavy atom. The summed E-state index contributed by atoms with van der Waals surface area (Å²) in [7, 11) is 1.65. The molecule has 0 bridgehead atoms. The lowest BCUT2D eigenvalue weighted by atomic mass is 10.1. The van der Waals surface area contributed by atoms with Crippen molar-refractivity contribution in [3.05, 3.63) is 49.4 Å². The molecule has 0 atom stereocenters. The molecule has 0 radical (unpaired) electrons. The van der Waals surface area contributed by atoms with Crippen LogP contribution in [0.15, 0.2) is 18.2 Å². The normalized spacial score (nSPS) is 10.9. The first-order chi connectivity index (χ1) is 9.13. The molecule has 1 aromatic heterocycles. The second-order valence-corrected chi connectivity index (χ2v) is 6.04. The zero-order valence-corrected chi connectivity index (χ0v) is 12.8. The lowest BCUT2D eigenvalue weighted by Gasteiger charge is -2.02. The molecule has 6 heteroatoms. The van der Waals surface area contributed by atoms with Crippen LogP contribution in [-0.4, -0.2) is 12.1 Å². The average molecular weight is 317 g/mol. The van der Waals surface area contributed by atoms with Gasteiger partial charge in [-0.05, 0) is 17.7 Å². The molecule has 19 heavy (non-hydrogen) atoms. The van der Waals surface area contributed by atoms with Crippen LogP contribution < -0.4 is 5.73 Å². The molecule has 2 aromatic rings. The van der Waals surface area contributed by atoms with Gasteiger partial charge in [-0.25, -0.2) is 4.98 Å². The summed E-state index contributed by atoms with van der Waals surface area (Å²) < 4.78 is 5.12. The predicted molar refractivity (Wildman–Crippen MR) is 80.0 cm³/mol. The Morgan fingerprint density at radius 2 is 2.16 bits per heavy atom. The summed E-state index contributed by atoms with van der Waals surface area (Å²) in [5.74, 6) is 0. The van der Waals surface area contributed by atoms with Crippen molar-refractivity contribution < 1.29 is 4.74 Å². The molecule has 0 spiro atoms. The SMILES string of the molecule is COCc1nc(Cc2ccc(Cl)cc2Cl)sc1CN. The van der Waals surface area contributed by atoms with Crippen LogP contribution in [-0.2, 0) is 24.3 Å². The Bertz CT molecular complexity index is 572. The van der Waals surface area contributed by atoms with Crippen molar-refractivity contribution >= 4 is 34.5 Å².